The molecule has 0 amide bonds. The summed E-state index contributed by atoms with van der Waals surface area (Å²) < 4.78 is 27.6. The fourth-order valence-electron chi connectivity index (χ4n) is 2.52. The molecule has 26 heavy (non-hydrogen) atoms. The lowest BCUT2D eigenvalue weighted by atomic mass is 10.0. The monoisotopic (exact) mass is 377 g/mol. The lowest BCUT2D eigenvalue weighted by Gasteiger charge is -2.28. The van der Waals surface area contributed by atoms with Crippen LogP contribution >= 0.6 is 11.8 Å². The summed E-state index contributed by atoms with van der Waals surface area (Å²) in [5.41, 5.74) is 14.5. The highest BCUT2D eigenvalue weighted by molar-refractivity contribution is 8.15. The van der Waals surface area contributed by atoms with Crippen molar-refractivity contribution < 1.29 is 13.6 Å². The van der Waals surface area contributed by atoms with E-state index in [1.54, 1.807) is 0 Å². The van der Waals surface area contributed by atoms with Crippen LogP contribution in [-0.4, -0.2) is 17.6 Å². The summed E-state index contributed by atoms with van der Waals surface area (Å²) in [5, 5.41) is 8.09. The van der Waals surface area contributed by atoms with E-state index in [-0.39, 0.29) is 18.1 Å². The largest absolute Gasteiger partial charge is 0.393 e. The average Bonchev–Trinajstić information content (AvgIpc) is 3.07. The quantitative estimate of drug-likeness (QED) is 0.311. The molecule has 0 aromatic heterocycles. The number of halogens is 2. The van der Waals surface area contributed by atoms with Crippen LogP contribution in [0.3, 0.4) is 0 Å². The van der Waals surface area contributed by atoms with Crippen LogP contribution < -0.4 is 16.9 Å². The van der Waals surface area contributed by atoms with E-state index in [2.05, 4.69) is 15.7 Å². The molecule has 0 aliphatic carbocycles. The van der Waals surface area contributed by atoms with Gasteiger partial charge < -0.3 is 16.3 Å². The Morgan fingerprint density at radius 3 is 2.69 bits per heavy atom. The lowest BCUT2D eigenvalue weighted by Crippen LogP contribution is -2.34. The predicted molar refractivity (Wildman–Crippen MR) is 98.1 cm³/mol. The van der Waals surface area contributed by atoms with Gasteiger partial charge in [-0.05, 0) is 28.9 Å². The van der Waals surface area contributed by atoms with Gasteiger partial charge in [-0.2, -0.15) is 5.10 Å². The number of hydrogen-bond donors (Lipinski definition) is 3. The molecular weight excluding hydrogens is 360 g/mol. The number of nitrogens with two attached hydrogens (primary N) is 2. The maximum Gasteiger partial charge on any atom is 0.228 e. The van der Waals surface area contributed by atoms with E-state index in [4.69, 9.17) is 16.3 Å². The van der Waals surface area contributed by atoms with Gasteiger partial charge in [-0.1, -0.05) is 42.1 Å². The van der Waals surface area contributed by atoms with Gasteiger partial charge in [0.25, 0.3) is 0 Å². The zero-order valence-electron chi connectivity index (χ0n) is 13.7. The predicted octanol–water partition coefficient (Wildman–Crippen LogP) is 2.41. The number of oxime groups is 1. The van der Waals surface area contributed by atoms with Gasteiger partial charge in [-0.15, -0.1) is 0 Å². The Bertz CT molecular complexity index is 842. The summed E-state index contributed by atoms with van der Waals surface area (Å²) in [6.45, 7) is 0.196. The molecule has 2 aromatic carbocycles. The van der Waals surface area contributed by atoms with Gasteiger partial charge in [0.15, 0.2) is 0 Å². The minimum absolute atomic E-state index is 0.102. The van der Waals surface area contributed by atoms with Crippen LogP contribution in [-0.2, 0) is 9.71 Å². The van der Waals surface area contributed by atoms with Crippen molar-refractivity contribution in [2.75, 3.05) is 6.61 Å². The van der Waals surface area contributed by atoms with Gasteiger partial charge in [-0.3, -0.25) is 5.43 Å². The van der Waals surface area contributed by atoms with Crippen LogP contribution in [0.1, 0.15) is 17.5 Å². The molecule has 0 spiro atoms. The molecule has 1 heterocycles. The normalized spacial score (nSPS) is 18.8. The number of nitrogens with one attached hydrogen (secondary N) is 1. The molecule has 2 aromatic rings. The molecule has 0 saturated heterocycles. The molecule has 1 aliphatic heterocycles. The van der Waals surface area contributed by atoms with Crippen LogP contribution in [0, 0.1) is 11.6 Å². The Morgan fingerprint density at radius 1 is 1.19 bits per heavy atom. The number of hydrazone groups is 1. The first-order valence-corrected chi connectivity index (χ1v) is 8.57. The minimum Gasteiger partial charge on any atom is -0.393 e. The van der Waals surface area contributed by atoms with Gasteiger partial charge in [0.1, 0.15) is 28.2 Å². The summed E-state index contributed by atoms with van der Waals surface area (Å²) in [5.74, 6) is -1.25. The summed E-state index contributed by atoms with van der Waals surface area (Å²) in [7, 11) is 0. The SMILES string of the molecule is NC(N)=NOCC[C@]1(c2ccccc2)NN=C(c2cc(F)ccc2F)S1. The second-order valence-corrected chi connectivity index (χ2v) is 6.84. The van der Waals surface area contributed by atoms with E-state index >= 15 is 0 Å². The number of thioether (sulfide) groups is 1. The van der Waals surface area contributed by atoms with Crippen LogP contribution in [0.5, 0.6) is 0 Å². The molecule has 6 nitrogen and oxygen atoms in total. The third-order valence-electron chi connectivity index (χ3n) is 3.72. The van der Waals surface area contributed by atoms with Crippen molar-refractivity contribution in [3.63, 3.8) is 0 Å². The van der Waals surface area contributed by atoms with Crippen molar-refractivity contribution in [2.24, 2.45) is 21.7 Å². The number of nitrogens with zero attached hydrogens (tertiary/aromatic N) is 2. The first kappa shape index (κ1) is 18.0. The van der Waals surface area contributed by atoms with Crippen LogP contribution in [0.25, 0.3) is 0 Å². The molecular formula is C17H17F2N5OS. The van der Waals surface area contributed by atoms with E-state index in [9.17, 15) is 8.78 Å². The third-order valence-corrected chi connectivity index (χ3v) is 5.11. The van der Waals surface area contributed by atoms with Crippen molar-refractivity contribution in [1.82, 2.24) is 5.43 Å². The molecule has 9 heteroatoms. The third kappa shape index (κ3) is 3.88. The Balaban J connectivity index is 1.85. The lowest BCUT2D eigenvalue weighted by molar-refractivity contribution is 0.129. The molecule has 0 fully saturated rings. The average molecular weight is 377 g/mol. The fraction of sp³-hybridized carbons (Fsp3) is 0.176. The second kappa shape index (κ2) is 7.61. The number of benzene rings is 2. The Kier molecular flexibility index (Phi) is 5.27. The molecule has 3 rings (SSSR count). The summed E-state index contributed by atoms with van der Waals surface area (Å²) >= 11 is 1.29. The van der Waals surface area contributed by atoms with Gasteiger partial charge in [0.2, 0.25) is 5.96 Å². The molecule has 0 unspecified atom stereocenters. The number of rotatable bonds is 6. The maximum atomic E-state index is 14.1. The first-order chi connectivity index (χ1) is 12.5. The van der Waals surface area contributed by atoms with E-state index < -0.39 is 16.5 Å². The number of guanidine groups is 1. The first-order valence-electron chi connectivity index (χ1n) is 7.76. The van der Waals surface area contributed by atoms with Crippen molar-refractivity contribution in [3.8, 4) is 0 Å². The van der Waals surface area contributed by atoms with Crippen molar-refractivity contribution in [2.45, 2.75) is 11.3 Å². The highest BCUT2D eigenvalue weighted by atomic mass is 32.2. The molecule has 5 N–H and O–H groups in total. The van der Waals surface area contributed by atoms with Crippen LogP contribution in [0.4, 0.5) is 8.78 Å². The number of hydrogen-bond acceptors (Lipinski definition) is 5. The Hall–Kier alpha value is -2.81. The highest BCUT2D eigenvalue weighted by Gasteiger charge is 2.40. The van der Waals surface area contributed by atoms with Gasteiger partial charge >= 0.3 is 0 Å². The van der Waals surface area contributed by atoms with Crippen LogP contribution in [0.2, 0.25) is 0 Å². The second-order valence-electron chi connectivity index (χ2n) is 5.55. The van der Waals surface area contributed by atoms with Gasteiger partial charge in [-0.25, -0.2) is 8.78 Å². The highest BCUT2D eigenvalue weighted by Crippen LogP contribution is 2.43. The zero-order chi connectivity index (χ0) is 18.6. The Morgan fingerprint density at radius 2 is 1.96 bits per heavy atom. The topological polar surface area (TPSA) is 98.0 Å². The smallest absolute Gasteiger partial charge is 0.228 e. The Labute approximate surface area is 153 Å². The van der Waals surface area contributed by atoms with Crippen molar-refractivity contribution in [3.05, 3.63) is 71.3 Å². The molecule has 0 bridgehead atoms. The molecule has 0 saturated carbocycles. The van der Waals surface area contributed by atoms with Gasteiger partial charge in [0, 0.05) is 12.0 Å². The summed E-state index contributed by atoms with van der Waals surface area (Å²) in [4.78, 5) is 4.37. The molecule has 1 atom stereocenters. The van der Waals surface area contributed by atoms with Crippen LogP contribution in [0.15, 0.2) is 58.8 Å². The zero-order valence-corrected chi connectivity index (χ0v) is 14.5. The van der Waals surface area contributed by atoms with Gasteiger partial charge in [0.05, 0.1) is 0 Å². The molecule has 136 valence electrons. The molecule has 0 radical (unpaired) electrons. The summed E-state index contributed by atoms with van der Waals surface area (Å²) in [6, 6.07) is 12.8. The minimum atomic E-state index is -0.714. The van der Waals surface area contributed by atoms with E-state index in [0.717, 1.165) is 23.8 Å². The standard InChI is InChI=1S/C17H17F2N5OS/c18-12-6-7-14(19)13(10-12)15-22-24-17(26-15,8-9-25-23-16(20)21)11-4-2-1-3-5-11/h1-7,10,24H,8-9H2,(H4,20,21,23)/t17-/m0/s1. The van der Waals surface area contributed by atoms with E-state index in [1.165, 1.54) is 11.8 Å². The fourth-order valence-corrected chi connectivity index (χ4v) is 3.74. The molecule has 1 aliphatic rings. The summed E-state index contributed by atoms with van der Waals surface area (Å²) in [6.07, 6.45) is 0.433. The van der Waals surface area contributed by atoms with Crippen molar-refractivity contribution in [1.29, 1.82) is 0 Å². The maximum absolute atomic E-state index is 14.1. The van der Waals surface area contributed by atoms with E-state index in [0.29, 0.717) is 11.5 Å². The van der Waals surface area contributed by atoms with Crippen molar-refractivity contribution >= 4 is 22.8 Å². The van der Waals surface area contributed by atoms with E-state index in [1.807, 2.05) is 30.3 Å².